The van der Waals surface area contributed by atoms with Gasteiger partial charge in [-0.25, -0.2) is 4.68 Å². The normalized spacial score (nSPS) is 14.6. The van der Waals surface area contributed by atoms with Crippen LogP contribution in [0.15, 0.2) is 77.6 Å². The molecular formula is C31H34N4O2. The van der Waals surface area contributed by atoms with Crippen LogP contribution in [-0.2, 0) is 11.3 Å². The molecule has 0 aliphatic carbocycles. The highest BCUT2D eigenvalue weighted by Gasteiger charge is 2.21. The number of benzene rings is 3. The lowest BCUT2D eigenvalue weighted by molar-refractivity contribution is -0.114. The second-order valence-corrected chi connectivity index (χ2v) is 10.1. The van der Waals surface area contributed by atoms with Crippen LogP contribution >= 0.6 is 0 Å². The topological polar surface area (TPSA) is 67.2 Å². The van der Waals surface area contributed by atoms with E-state index in [1.807, 2.05) is 36.4 Å². The minimum absolute atomic E-state index is 0.0239. The number of hydrogen-bond acceptors (Lipinski definition) is 4. The van der Waals surface area contributed by atoms with E-state index in [1.54, 1.807) is 4.68 Å². The van der Waals surface area contributed by atoms with Crippen molar-refractivity contribution in [1.29, 1.82) is 0 Å². The van der Waals surface area contributed by atoms with Gasteiger partial charge in [0.1, 0.15) is 0 Å². The van der Waals surface area contributed by atoms with Crippen LogP contribution in [0.25, 0.3) is 22.0 Å². The minimum Gasteiger partial charge on any atom is -0.326 e. The van der Waals surface area contributed by atoms with Crippen LogP contribution in [0.2, 0.25) is 0 Å². The van der Waals surface area contributed by atoms with Crippen LogP contribution in [0.5, 0.6) is 0 Å². The number of piperidine rings is 1. The summed E-state index contributed by atoms with van der Waals surface area (Å²) in [5.74, 6) is 0.463. The van der Waals surface area contributed by atoms with Gasteiger partial charge in [0.15, 0.2) is 0 Å². The summed E-state index contributed by atoms with van der Waals surface area (Å²) in [4.78, 5) is 27.1. The summed E-state index contributed by atoms with van der Waals surface area (Å²) in [6.45, 7) is 7.21. The highest BCUT2D eigenvalue weighted by molar-refractivity contribution is 5.93. The SMILES string of the molecule is CC(=O)Nc1cccc(C2CCN(CCCn3nc(-c4ccc(C)cc4)c4ccccc4c3=O)CC2)c1. The van der Waals surface area contributed by atoms with Crippen molar-refractivity contribution in [2.24, 2.45) is 0 Å². The monoisotopic (exact) mass is 494 g/mol. The summed E-state index contributed by atoms with van der Waals surface area (Å²) in [7, 11) is 0. The Morgan fingerprint density at radius 1 is 0.946 bits per heavy atom. The van der Waals surface area contributed by atoms with E-state index in [1.165, 1.54) is 18.1 Å². The number of aromatic nitrogens is 2. The van der Waals surface area contributed by atoms with Crippen LogP contribution in [0.1, 0.15) is 43.2 Å². The molecule has 0 radical (unpaired) electrons. The molecule has 0 saturated carbocycles. The molecule has 5 rings (SSSR count). The number of rotatable bonds is 7. The van der Waals surface area contributed by atoms with Crippen molar-refractivity contribution in [3.63, 3.8) is 0 Å². The van der Waals surface area contributed by atoms with Gasteiger partial charge in [-0.15, -0.1) is 0 Å². The number of likely N-dealkylation sites (tertiary alicyclic amines) is 1. The van der Waals surface area contributed by atoms with Gasteiger partial charge < -0.3 is 10.2 Å². The second-order valence-electron chi connectivity index (χ2n) is 10.1. The summed E-state index contributed by atoms with van der Waals surface area (Å²) in [5, 5.41) is 9.32. The number of fused-ring (bicyclic) bond motifs is 1. The first-order valence-corrected chi connectivity index (χ1v) is 13.1. The van der Waals surface area contributed by atoms with E-state index in [2.05, 4.69) is 53.5 Å². The predicted octanol–water partition coefficient (Wildman–Crippen LogP) is 5.60. The Bertz CT molecular complexity index is 1450. The van der Waals surface area contributed by atoms with Crippen LogP contribution < -0.4 is 10.9 Å². The van der Waals surface area contributed by atoms with Crippen LogP contribution in [-0.4, -0.2) is 40.2 Å². The lowest BCUT2D eigenvalue weighted by Gasteiger charge is -2.32. The van der Waals surface area contributed by atoms with Gasteiger partial charge >= 0.3 is 0 Å². The Hall–Kier alpha value is -3.77. The van der Waals surface area contributed by atoms with E-state index < -0.39 is 0 Å². The van der Waals surface area contributed by atoms with Gasteiger partial charge in [0.2, 0.25) is 5.91 Å². The summed E-state index contributed by atoms with van der Waals surface area (Å²) in [6.07, 6.45) is 3.06. The van der Waals surface area contributed by atoms with Gasteiger partial charge in [0, 0.05) is 30.1 Å². The summed E-state index contributed by atoms with van der Waals surface area (Å²) < 4.78 is 1.65. The number of carbonyl (C=O) groups is 1. The number of carbonyl (C=O) groups excluding carboxylic acids is 1. The maximum Gasteiger partial charge on any atom is 0.274 e. The summed E-state index contributed by atoms with van der Waals surface area (Å²) in [5.41, 5.74) is 5.22. The van der Waals surface area contributed by atoms with E-state index >= 15 is 0 Å². The molecule has 0 bridgehead atoms. The first kappa shape index (κ1) is 24.9. The molecule has 1 aliphatic rings. The quantitative estimate of drug-likeness (QED) is 0.363. The van der Waals surface area contributed by atoms with Crippen molar-refractivity contribution in [2.45, 2.75) is 45.6 Å². The largest absolute Gasteiger partial charge is 0.326 e. The first-order valence-electron chi connectivity index (χ1n) is 13.1. The minimum atomic E-state index is -0.0436. The van der Waals surface area contributed by atoms with Crippen LogP contribution in [0.3, 0.4) is 0 Å². The molecule has 0 atom stereocenters. The Labute approximate surface area is 217 Å². The number of amides is 1. The molecule has 1 amide bonds. The third kappa shape index (κ3) is 5.81. The van der Waals surface area contributed by atoms with Crippen LogP contribution in [0.4, 0.5) is 5.69 Å². The number of anilines is 1. The lowest BCUT2D eigenvalue weighted by Crippen LogP contribution is -2.34. The van der Waals surface area contributed by atoms with Crippen LogP contribution in [0, 0.1) is 6.92 Å². The molecule has 4 aromatic rings. The molecule has 1 aromatic heterocycles. The van der Waals surface area contributed by atoms with Gasteiger partial charge in [-0.1, -0.05) is 60.2 Å². The van der Waals surface area contributed by atoms with Crippen molar-refractivity contribution < 1.29 is 4.79 Å². The maximum atomic E-state index is 13.2. The Balaban J connectivity index is 1.23. The number of aryl methyl sites for hydroxylation is 2. The molecule has 2 heterocycles. The standard InChI is InChI=1S/C31H34N4O2/c1-22-11-13-25(14-12-22)30-28-9-3-4-10-29(28)31(37)35(33-30)18-6-17-34-19-15-24(16-20-34)26-7-5-8-27(21-26)32-23(2)36/h3-5,7-14,21,24H,6,15-20H2,1-2H3,(H,32,36). The molecule has 190 valence electrons. The Morgan fingerprint density at radius 2 is 1.68 bits per heavy atom. The summed E-state index contributed by atoms with van der Waals surface area (Å²) in [6, 6.07) is 24.3. The van der Waals surface area contributed by atoms with E-state index in [-0.39, 0.29) is 11.5 Å². The average molecular weight is 495 g/mol. The van der Waals surface area contributed by atoms with Crippen molar-refractivity contribution in [3.8, 4) is 11.3 Å². The molecule has 37 heavy (non-hydrogen) atoms. The zero-order valence-electron chi connectivity index (χ0n) is 21.6. The molecule has 0 unspecified atom stereocenters. The zero-order chi connectivity index (χ0) is 25.8. The Morgan fingerprint density at radius 3 is 2.41 bits per heavy atom. The fourth-order valence-corrected chi connectivity index (χ4v) is 5.32. The van der Waals surface area contributed by atoms with Crippen molar-refractivity contribution in [2.75, 3.05) is 25.0 Å². The van der Waals surface area contributed by atoms with Crippen molar-refractivity contribution in [3.05, 3.63) is 94.3 Å². The molecule has 1 saturated heterocycles. The molecule has 6 heteroatoms. The maximum absolute atomic E-state index is 13.2. The number of hydrogen-bond donors (Lipinski definition) is 1. The second kappa shape index (κ2) is 11.1. The molecule has 1 N–H and O–H groups in total. The van der Waals surface area contributed by atoms with Crippen molar-refractivity contribution >= 4 is 22.4 Å². The molecular weight excluding hydrogens is 460 g/mol. The number of nitrogens with zero attached hydrogens (tertiary/aromatic N) is 3. The van der Waals surface area contributed by atoms with Gasteiger partial charge in [-0.2, -0.15) is 5.10 Å². The molecule has 1 aliphatic heterocycles. The molecule has 0 spiro atoms. The third-order valence-corrected chi connectivity index (χ3v) is 7.30. The summed E-state index contributed by atoms with van der Waals surface area (Å²) >= 11 is 0. The predicted molar refractivity (Wildman–Crippen MR) is 150 cm³/mol. The zero-order valence-corrected chi connectivity index (χ0v) is 21.6. The van der Waals surface area contributed by atoms with Gasteiger partial charge in [0.25, 0.3) is 5.56 Å². The molecule has 1 fully saturated rings. The first-order chi connectivity index (χ1) is 18.0. The average Bonchev–Trinajstić information content (AvgIpc) is 2.91. The van der Waals surface area contributed by atoms with E-state index in [4.69, 9.17) is 5.10 Å². The lowest BCUT2D eigenvalue weighted by atomic mass is 9.89. The molecule has 6 nitrogen and oxygen atoms in total. The Kier molecular flexibility index (Phi) is 7.47. The van der Waals surface area contributed by atoms with E-state index in [0.717, 1.165) is 66.6 Å². The smallest absolute Gasteiger partial charge is 0.274 e. The van der Waals surface area contributed by atoms with E-state index in [0.29, 0.717) is 12.5 Å². The number of nitrogens with one attached hydrogen (secondary N) is 1. The highest BCUT2D eigenvalue weighted by atomic mass is 16.1. The van der Waals surface area contributed by atoms with Gasteiger partial charge in [-0.05, 0) is 75.5 Å². The van der Waals surface area contributed by atoms with Gasteiger partial charge in [-0.3, -0.25) is 9.59 Å². The van der Waals surface area contributed by atoms with Crippen molar-refractivity contribution in [1.82, 2.24) is 14.7 Å². The highest BCUT2D eigenvalue weighted by Crippen LogP contribution is 2.30. The van der Waals surface area contributed by atoms with Gasteiger partial charge in [0.05, 0.1) is 11.1 Å². The fourth-order valence-electron chi connectivity index (χ4n) is 5.32. The van der Waals surface area contributed by atoms with E-state index in [9.17, 15) is 9.59 Å². The molecule has 3 aromatic carbocycles. The fraction of sp³-hybridized carbons (Fsp3) is 0.323. The third-order valence-electron chi connectivity index (χ3n) is 7.30.